The van der Waals surface area contributed by atoms with E-state index in [0.717, 1.165) is 49.6 Å². The summed E-state index contributed by atoms with van der Waals surface area (Å²) < 4.78 is 53.5. The number of amides is 1. The molecule has 1 atom stereocenters. The minimum Gasteiger partial charge on any atom is -0.369 e. The lowest BCUT2D eigenvalue weighted by molar-refractivity contribution is -0.133. The van der Waals surface area contributed by atoms with Crippen LogP contribution in [0, 0.1) is 28.4 Å². The quantitative estimate of drug-likeness (QED) is 0.476. The molecule has 38 heavy (non-hydrogen) atoms. The number of nitrogens with one attached hydrogen (secondary N) is 1. The molecule has 2 fully saturated rings. The van der Waals surface area contributed by atoms with Crippen molar-refractivity contribution >= 4 is 11.6 Å². The van der Waals surface area contributed by atoms with E-state index in [2.05, 4.69) is 31.2 Å². The van der Waals surface area contributed by atoms with Crippen LogP contribution in [0.1, 0.15) is 29.3 Å². The molecule has 0 radical (unpaired) electrons. The lowest BCUT2D eigenvalue weighted by Crippen LogP contribution is -2.72. The van der Waals surface area contributed by atoms with Crippen LogP contribution in [0.4, 0.5) is 23.2 Å². The zero-order valence-electron chi connectivity index (χ0n) is 20.5. The molecule has 1 spiro atoms. The number of benzene rings is 1. The van der Waals surface area contributed by atoms with Crippen LogP contribution in [0.5, 0.6) is 0 Å². The SMILES string of the molecule is C[C@@](NC(=O)C(F)F)(c1ccc(F)c(F)c1)c1ccc(CN2CC3(C2)CN(c2cncc(C#N)c2)C3)cn1. The van der Waals surface area contributed by atoms with Crippen LogP contribution in [0.25, 0.3) is 0 Å². The second-order valence-corrected chi connectivity index (χ2v) is 10.1. The minimum atomic E-state index is -3.29. The lowest BCUT2D eigenvalue weighted by Gasteiger charge is -2.61. The average Bonchev–Trinajstić information content (AvgIpc) is 2.86. The van der Waals surface area contributed by atoms with Gasteiger partial charge in [-0.1, -0.05) is 12.1 Å². The highest BCUT2D eigenvalue weighted by Crippen LogP contribution is 2.42. The molecule has 1 amide bonds. The average molecular weight is 525 g/mol. The number of nitriles is 1. The summed E-state index contributed by atoms with van der Waals surface area (Å²) in [5.41, 5.74) is 1.25. The van der Waals surface area contributed by atoms with Gasteiger partial charge in [0.1, 0.15) is 11.6 Å². The fourth-order valence-electron chi connectivity index (χ4n) is 5.29. The zero-order chi connectivity index (χ0) is 27.1. The first-order valence-electron chi connectivity index (χ1n) is 11.9. The molecule has 5 rings (SSSR count). The Morgan fingerprint density at radius 1 is 1.11 bits per heavy atom. The summed E-state index contributed by atoms with van der Waals surface area (Å²) in [6.45, 7) is 5.61. The smallest absolute Gasteiger partial charge is 0.315 e. The van der Waals surface area contributed by atoms with Crippen molar-refractivity contribution in [1.82, 2.24) is 20.2 Å². The molecule has 7 nitrogen and oxygen atoms in total. The van der Waals surface area contributed by atoms with Crippen molar-refractivity contribution in [2.24, 2.45) is 5.41 Å². The van der Waals surface area contributed by atoms with Crippen molar-refractivity contribution < 1.29 is 22.4 Å². The maximum atomic E-state index is 13.9. The van der Waals surface area contributed by atoms with Gasteiger partial charge in [0.25, 0.3) is 5.91 Å². The summed E-state index contributed by atoms with van der Waals surface area (Å²) in [5.74, 6) is -3.79. The zero-order valence-corrected chi connectivity index (χ0v) is 20.5. The van der Waals surface area contributed by atoms with Crippen LogP contribution in [-0.4, -0.2) is 53.4 Å². The van der Waals surface area contributed by atoms with Crippen molar-refractivity contribution in [2.75, 3.05) is 31.1 Å². The second kappa shape index (κ2) is 9.68. The third-order valence-corrected chi connectivity index (χ3v) is 7.20. The maximum Gasteiger partial charge on any atom is 0.315 e. The first-order valence-corrected chi connectivity index (χ1v) is 11.9. The Morgan fingerprint density at radius 3 is 2.50 bits per heavy atom. The van der Waals surface area contributed by atoms with Crippen molar-refractivity contribution in [3.8, 4) is 6.07 Å². The van der Waals surface area contributed by atoms with Gasteiger partial charge in [0, 0.05) is 50.5 Å². The molecule has 2 saturated heterocycles. The van der Waals surface area contributed by atoms with Crippen molar-refractivity contribution in [2.45, 2.75) is 25.4 Å². The third kappa shape index (κ3) is 4.79. The third-order valence-electron chi connectivity index (χ3n) is 7.20. The predicted octanol–water partition coefficient (Wildman–Crippen LogP) is 3.59. The van der Waals surface area contributed by atoms with Gasteiger partial charge in [0.15, 0.2) is 11.6 Å². The molecule has 11 heteroatoms. The second-order valence-electron chi connectivity index (χ2n) is 10.1. The van der Waals surface area contributed by atoms with Crippen molar-refractivity contribution in [3.63, 3.8) is 0 Å². The van der Waals surface area contributed by atoms with Gasteiger partial charge in [-0.2, -0.15) is 14.0 Å². The Morgan fingerprint density at radius 2 is 1.87 bits per heavy atom. The number of carbonyl (C=O) groups is 1. The van der Waals surface area contributed by atoms with Crippen LogP contribution in [-0.2, 0) is 16.9 Å². The number of carbonyl (C=O) groups excluding carboxylic acids is 1. The number of hydrogen-bond donors (Lipinski definition) is 1. The van der Waals surface area contributed by atoms with Crippen LogP contribution >= 0.6 is 0 Å². The van der Waals surface area contributed by atoms with E-state index in [4.69, 9.17) is 5.26 Å². The van der Waals surface area contributed by atoms with E-state index >= 15 is 0 Å². The monoisotopic (exact) mass is 524 g/mol. The summed E-state index contributed by atoms with van der Waals surface area (Å²) in [5, 5.41) is 11.3. The van der Waals surface area contributed by atoms with Gasteiger partial charge in [0.05, 0.1) is 23.1 Å². The van der Waals surface area contributed by atoms with E-state index in [9.17, 15) is 22.4 Å². The summed E-state index contributed by atoms with van der Waals surface area (Å²) in [7, 11) is 0. The first-order chi connectivity index (χ1) is 18.1. The molecule has 0 aliphatic carbocycles. The molecule has 2 aliphatic rings. The summed E-state index contributed by atoms with van der Waals surface area (Å²) in [6.07, 6.45) is 1.61. The van der Waals surface area contributed by atoms with Crippen LogP contribution < -0.4 is 10.2 Å². The minimum absolute atomic E-state index is 0.0837. The molecule has 1 aromatic carbocycles. The molecule has 2 aliphatic heterocycles. The molecular formula is C27H24F4N6O. The number of anilines is 1. The van der Waals surface area contributed by atoms with E-state index < -0.39 is 29.5 Å². The highest BCUT2D eigenvalue weighted by molar-refractivity contribution is 5.80. The lowest BCUT2D eigenvalue weighted by atomic mass is 9.72. The molecule has 196 valence electrons. The largest absolute Gasteiger partial charge is 0.369 e. The number of alkyl halides is 2. The number of pyridine rings is 2. The van der Waals surface area contributed by atoms with Gasteiger partial charge >= 0.3 is 6.43 Å². The Bertz CT molecular complexity index is 1400. The van der Waals surface area contributed by atoms with E-state index in [1.54, 1.807) is 24.5 Å². The number of halogens is 4. The molecule has 4 heterocycles. The molecule has 0 saturated carbocycles. The normalized spacial score (nSPS) is 17.9. The highest BCUT2D eigenvalue weighted by Gasteiger charge is 2.51. The van der Waals surface area contributed by atoms with Crippen LogP contribution in [0.15, 0.2) is 55.0 Å². The van der Waals surface area contributed by atoms with Crippen LogP contribution in [0.3, 0.4) is 0 Å². The molecule has 1 N–H and O–H groups in total. The Kier molecular flexibility index (Phi) is 6.53. The van der Waals surface area contributed by atoms with E-state index in [0.29, 0.717) is 12.1 Å². The summed E-state index contributed by atoms with van der Waals surface area (Å²) in [4.78, 5) is 24.9. The number of likely N-dealkylation sites (tertiary alicyclic amines) is 1. The van der Waals surface area contributed by atoms with E-state index in [1.807, 2.05) is 6.07 Å². The Labute approximate surface area is 216 Å². The highest BCUT2D eigenvalue weighted by atomic mass is 19.3. The van der Waals surface area contributed by atoms with Crippen molar-refractivity contribution in [1.29, 1.82) is 5.26 Å². The predicted molar refractivity (Wildman–Crippen MR) is 130 cm³/mol. The fourth-order valence-corrected chi connectivity index (χ4v) is 5.29. The Hall–Kier alpha value is -4.04. The van der Waals surface area contributed by atoms with Gasteiger partial charge in [-0.25, -0.2) is 8.78 Å². The fraction of sp³-hybridized carbons (Fsp3) is 0.333. The summed E-state index contributed by atoms with van der Waals surface area (Å²) in [6, 6.07) is 10.3. The van der Waals surface area contributed by atoms with Gasteiger partial charge in [-0.15, -0.1) is 0 Å². The molecule has 2 aromatic heterocycles. The van der Waals surface area contributed by atoms with Gasteiger partial charge in [-0.05, 0) is 42.3 Å². The molecule has 0 bridgehead atoms. The Balaban J connectivity index is 1.24. The van der Waals surface area contributed by atoms with E-state index in [-0.39, 0.29) is 16.7 Å². The number of aromatic nitrogens is 2. The van der Waals surface area contributed by atoms with Crippen LogP contribution in [0.2, 0.25) is 0 Å². The standard InChI is InChI=1S/C27H24F4N6O/c1-26(35-25(38)24(30)31,19-3-4-21(28)22(29)7-19)23-5-2-17(10-34-23)12-36-13-27(14-36)15-37(16-27)20-6-18(8-32)9-33-11-20/h2-7,9-11,24H,12-16H2,1H3,(H,35,38)/t26-/m1/s1. The van der Waals surface area contributed by atoms with Gasteiger partial charge in [-0.3, -0.25) is 19.7 Å². The first kappa shape index (κ1) is 25.6. The number of nitrogens with zero attached hydrogens (tertiary/aromatic N) is 5. The van der Waals surface area contributed by atoms with Gasteiger partial charge < -0.3 is 10.2 Å². The summed E-state index contributed by atoms with van der Waals surface area (Å²) >= 11 is 0. The topological polar surface area (TPSA) is 85.2 Å². The number of hydrogen-bond acceptors (Lipinski definition) is 6. The molecule has 3 aromatic rings. The number of rotatable bonds is 7. The van der Waals surface area contributed by atoms with E-state index in [1.165, 1.54) is 19.2 Å². The maximum absolute atomic E-state index is 13.9. The molecule has 0 unspecified atom stereocenters. The molecular weight excluding hydrogens is 500 g/mol. The van der Waals surface area contributed by atoms with Crippen molar-refractivity contribution in [3.05, 3.63) is 89.0 Å². The van der Waals surface area contributed by atoms with Gasteiger partial charge in [0.2, 0.25) is 0 Å².